The summed E-state index contributed by atoms with van der Waals surface area (Å²) in [4.78, 5) is 0. The summed E-state index contributed by atoms with van der Waals surface area (Å²) in [5.41, 5.74) is 1.25. The Morgan fingerprint density at radius 2 is 2.12 bits per heavy atom. The van der Waals surface area contributed by atoms with Crippen molar-refractivity contribution in [3.8, 4) is 0 Å². The number of aryl methyl sites for hydroxylation is 1. The van der Waals surface area contributed by atoms with Crippen molar-refractivity contribution < 1.29 is 5.11 Å². The Kier molecular flexibility index (Phi) is 3.19. The number of aliphatic hydroxyl groups excluding tert-OH is 1. The molecule has 0 bridgehead atoms. The number of hydrogen-bond donors (Lipinski definition) is 1. The monoisotopic (exact) mass is 256 g/mol. The Morgan fingerprint density at radius 3 is 2.69 bits per heavy atom. The van der Waals surface area contributed by atoms with Crippen molar-refractivity contribution in [2.75, 3.05) is 0 Å². The van der Waals surface area contributed by atoms with Gasteiger partial charge in [0.05, 0.1) is 16.9 Å². The maximum Gasteiger partial charge on any atom is 0.122 e. The molecular formula is C11H10Cl2N2O. The summed E-state index contributed by atoms with van der Waals surface area (Å²) in [5.74, 6) is 0. The van der Waals surface area contributed by atoms with Crippen molar-refractivity contribution in [3.63, 3.8) is 0 Å². The lowest BCUT2D eigenvalue weighted by Crippen LogP contribution is -2.07. The lowest BCUT2D eigenvalue weighted by Gasteiger charge is -2.12. The van der Waals surface area contributed by atoms with Crippen molar-refractivity contribution in [2.45, 2.75) is 6.10 Å². The number of benzene rings is 1. The van der Waals surface area contributed by atoms with Crippen LogP contribution in [-0.2, 0) is 7.05 Å². The number of hydrogen-bond acceptors (Lipinski definition) is 2. The molecule has 2 rings (SSSR count). The quantitative estimate of drug-likeness (QED) is 0.898. The Balaban J connectivity index is 2.43. The SMILES string of the molecule is Cn1ncc(Cl)c1C(O)c1cccc(Cl)c1. The van der Waals surface area contributed by atoms with Gasteiger partial charge in [0.15, 0.2) is 0 Å². The molecule has 0 aliphatic rings. The van der Waals surface area contributed by atoms with E-state index in [0.717, 1.165) is 0 Å². The van der Waals surface area contributed by atoms with Crippen LogP contribution in [0.4, 0.5) is 0 Å². The Labute approximate surface area is 103 Å². The van der Waals surface area contributed by atoms with Crippen LogP contribution in [0.1, 0.15) is 17.4 Å². The predicted octanol–water partition coefficient (Wildman–Crippen LogP) is 2.81. The molecule has 0 fully saturated rings. The third kappa shape index (κ3) is 2.07. The standard InChI is InChI=1S/C11H10Cl2N2O/c1-15-10(9(13)6-14-15)11(16)7-3-2-4-8(12)5-7/h2-6,11,16H,1H3. The second-order valence-electron chi connectivity index (χ2n) is 3.46. The van der Waals surface area contributed by atoms with Gasteiger partial charge in [-0.3, -0.25) is 4.68 Å². The summed E-state index contributed by atoms with van der Waals surface area (Å²) in [5, 5.41) is 15.2. The highest BCUT2D eigenvalue weighted by Crippen LogP contribution is 2.28. The highest BCUT2D eigenvalue weighted by molar-refractivity contribution is 6.31. The maximum atomic E-state index is 10.2. The molecule has 0 saturated carbocycles. The first-order chi connectivity index (χ1) is 7.59. The molecule has 0 spiro atoms. The zero-order chi connectivity index (χ0) is 11.7. The highest BCUT2D eigenvalue weighted by Gasteiger charge is 2.18. The van der Waals surface area contributed by atoms with Gasteiger partial charge in [-0.15, -0.1) is 0 Å². The van der Waals surface area contributed by atoms with Gasteiger partial charge in [0.2, 0.25) is 0 Å². The van der Waals surface area contributed by atoms with E-state index in [1.54, 1.807) is 36.0 Å². The highest BCUT2D eigenvalue weighted by atomic mass is 35.5. The smallest absolute Gasteiger partial charge is 0.122 e. The zero-order valence-corrected chi connectivity index (χ0v) is 10.1. The second-order valence-corrected chi connectivity index (χ2v) is 4.30. The van der Waals surface area contributed by atoms with Crippen molar-refractivity contribution in [1.82, 2.24) is 9.78 Å². The minimum atomic E-state index is -0.821. The van der Waals surface area contributed by atoms with E-state index in [0.29, 0.717) is 21.3 Å². The molecule has 1 heterocycles. The van der Waals surface area contributed by atoms with E-state index >= 15 is 0 Å². The summed E-state index contributed by atoms with van der Waals surface area (Å²) in [7, 11) is 1.73. The molecule has 84 valence electrons. The molecule has 1 aromatic carbocycles. The predicted molar refractivity (Wildman–Crippen MR) is 63.7 cm³/mol. The number of halogens is 2. The first kappa shape index (κ1) is 11.5. The van der Waals surface area contributed by atoms with E-state index in [2.05, 4.69) is 5.10 Å². The summed E-state index contributed by atoms with van der Waals surface area (Å²) < 4.78 is 1.55. The lowest BCUT2D eigenvalue weighted by atomic mass is 10.1. The van der Waals surface area contributed by atoms with Gasteiger partial charge in [-0.25, -0.2) is 0 Å². The fraction of sp³-hybridized carbons (Fsp3) is 0.182. The minimum absolute atomic E-state index is 0.440. The Bertz CT molecular complexity index is 491. The van der Waals surface area contributed by atoms with E-state index in [1.165, 1.54) is 6.20 Å². The summed E-state index contributed by atoms with van der Waals surface area (Å²) in [6.07, 6.45) is 0.684. The van der Waals surface area contributed by atoms with Gasteiger partial charge in [-0.1, -0.05) is 35.3 Å². The van der Waals surface area contributed by atoms with Crippen molar-refractivity contribution >= 4 is 23.2 Å². The molecule has 1 atom stereocenters. The Morgan fingerprint density at radius 1 is 1.38 bits per heavy atom. The van der Waals surface area contributed by atoms with Crippen LogP contribution in [0.25, 0.3) is 0 Å². The van der Waals surface area contributed by atoms with Crippen LogP contribution in [0.3, 0.4) is 0 Å². The molecule has 0 amide bonds. The lowest BCUT2D eigenvalue weighted by molar-refractivity contribution is 0.210. The molecule has 3 nitrogen and oxygen atoms in total. The van der Waals surface area contributed by atoms with E-state index < -0.39 is 6.10 Å². The summed E-state index contributed by atoms with van der Waals surface area (Å²) in [6, 6.07) is 7.03. The van der Waals surface area contributed by atoms with Gasteiger partial charge in [0.1, 0.15) is 6.10 Å². The molecule has 1 unspecified atom stereocenters. The van der Waals surface area contributed by atoms with E-state index in [9.17, 15) is 5.11 Å². The fourth-order valence-electron chi connectivity index (χ4n) is 1.56. The molecule has 5 heteroatoms. The van der Waals surface area contributed by atoms with Crippen molar-refractivity contribution in [2.24, 2.45) is 7.05 Å². The van der Waals surface area contributed by atoms with Gasteiger partial charge in [0.25, 0.3) is 0 Å². The largest absolute Gasteiger partial charge is 0.382 e. The van der Waals surface area contributed by atoms with Crippen LogP contribution in [0.15, 0.2) is 30.5 Å². The van der Waals surface area contributed by atoms with Crippen LogP contribution in [-0.4, -0.2) is 14.9 Å². The second kappa shape index (κ2) is 4.45. The summed E-state index contributed by atoms with van der Waals surface area (Å²) in [6.45, 7) is 0. The van der Waals surface area contributed by atoms with Gasteiger partial charge in [0, 0.05) is 12.1 Å². The van der Waals surface area contributed by atoms with Gasteiger partial charge in [-0.05, 0) is 17.7 Å². The average Bonchev–Trinajstić information content (AvgIpc) is 2.58. The summed E-state index contributed by atoms with van der Waals surface area (Å²) >= 11 is 11.8. The molecule has 16 heavy (non-hydrogen) atoms. The van der Waals surface area contributed by atoms with Crippen LogP contribution < -0.4 is 0 Å². The molecule has 0 aliphatic heterocycles. The molecule has 0 saturated heterocycles. The third-order valence-electron chi connectivity index (χ3n) is 2.36. The molecule has 2 aromatic rings. The average molecular weight is 257 g/mol. The number of nitrogens with zero attached hydrogens (tertiary/aromatic N) is 2. The minimum Gasteiger partial charge on any atom is -0.382 e. The first-order valence-electron chi connectivity index (χ1n) is 4.70. The maximum absolute atomic E-state index is 10.2. The van der Waals surface area contributed by atoms with Crippen LogP contribution >= 0.6 is 23.2 Å². The van der Waals surface area contributed by atoms with E-state index in [4.69, 9.17) is 23.2 Å². The van der Waals surface area contributed by atoms with Crippen LogP contribution in [0, 0.1) is 0 Å². The molecular weight excluding hydrogens is 247 g/mol. The zero-order valence-electron chi connectivity index (χ0n) is 8.56. The van der Waals surface area contributed by atoms with E-state index in [1.807, 2.05) is 0 Å². The van der Waals surface area contributed by atoms with Gasteiger partial charge >= 0.3 is 0 Å². The van der Waals surface area contributed by atoms with Gasteiger partial charge in [-0.2, -0.15) is 5.10 Å². The number of rotatable bonds is 2. The number of aromatic nitrogens is 2. The van der Waals surface area contributed by atoms with Gasteiger partial charge < -0.3 is 5.11 Å². The molecule has 1 N–H and O–H groups in total. The molecule has 0 aliphatic carbocycles. The van der Waals surface area contributed by atoms with E-state index in [-0.39, 0.29) is 0 Å². The third-order valence-corrected chi connectivity index (χ3v) is 2.89. The fourth-order valence-corrected chi connectivity index (χ4v) is 2.03. The van der Waals surface area contributed by atoms with Crippen molar-refractivity contribution in [3.05, 3.63) is 51.8 Å². The van der Waals surface area contributed by atoms with Crippen LogP contribution in [0.5, 0.6) is 0 Å². The topological polar surface area (TPSA) is 38.0 Å². The van der Waals surface area contributed by atoms with Crippen molar-refractivity contribution in [1.29, 1.82) is 0 Å². The molecule has 0 radical (unpaired) electrons. The normalized spacial score (nSPS) is 12.8. The first-order valence-corrected chi connectivity index (χ1v) is 5.46. The molecule has 1 aromatic heterocycles. The number of aliphatic hydroxyl groups is 1. The van der Waals surface area contributed by atoms with Crippen LogP contribution in [0.2, 0.25) is 10.0 Å². The Hall–Kier alpha value is -1.03.